The van der Waals surface area contributed by atoms with Crippen LogP contribution in [0.4, 0.5) is 10.2 Å². The van der Waals surface area contributed by atoms with Crippen molar-refractivity contribution in [3.8, 4) is 5.75 Å². The molecular weight excluding hydrogens is 417 g/mol. The van der Waals surface area contributed by atoms with Crippen LogP contribution in [0.25, 0.3) is 10.3 Å². The molecule has 0 bridgehead atoms. The van der Waals surface area contributed by atoms with Gasteiger partial charge in [-0.2, -0.15) is 0 Å². The van der Waals surface area contributed by atoms with Gasteiger partial charge in [-0.3, -0.25) is 4.79 Å². The fraction of sp³-hybridized carbons (Fsp3) is 0.368. The Hall–Kier alpha value is -2.52. The zero-order valence-corrected chi connectivity index (χ0v) is 17.4. The number of fused-ring (bicyclic) bond motifs is 1. The van der Waals surface area contributed by atoms with Crippen LogP contribution >= 0.6 is 22.9 Å². The molecule has 29 heavy (non-hydrogen) atoms. The maximum absolute atomic E-state index is 15.0. The molecular formula is C19H19ClFN5O2S. The smallest absolute Gasteiger partial charge is 0.220 e. The minimum absolute atomic E-state index is 0.00653. The molecule has 1 aliphatic rings. The van der Waals surface area contributed by atoms with Crippen molar-refractivity contribution < 1.29 is 13.9 Å². The molecule has 0 saturated carbocycles. The van der Waals surface area contributed by atoms with E-state index in [1.165, 1.54) is 17.7 Å². The number of halogens is 2. The van der Waals surface area contributed by atoms with Gasteiger partial charge in [0.15, 0.2) is 5.82 Å². The predicted octanol–water partition coefficient (Wildman–Crippen LogP) is 4.05. The molecule has 10 heteroatoms. The molecule has 7 nitrogen and oxygen atoms in total. The topological polar surface area (TPSA) is 89.0 Å². The summed E-state index contributed by atoms with van der Waals surface area (Å²) in [5.41, 5.74) is 3.40. The highest BCUT2D eigenvalue weighted by molar-refractivity contribution is 7.16. The van der Waals surface area contributed by atoms with E-state index in [2.05, 4.69) is 25.6 Å². The van der Waals surface area contributed by atoms with E-state index in [9.17, 15) is 4.79 Å². The Balaban J connectivity index is 1.76. The van der Waals surface area contributed by atoms with Gasteiger partial charge >= 0.3 is 0 Å². The van der Waals surface area contributed by atoms with Crippen molar-refractivity contribution >= 4 is 45.0 Å². The number of ether oxygens (including phenoxy) is 1. The lowest BCUT2D eigenvalue weighted by atomic mass is 9.92. The first-order chi connectivity index (χ1) is 14.0. The highest BCUT2D eigenvalue weighted by Gasteiger charge is 2.32. The van der Waals surface area contributed by atoms with Gasteiger partial charge in [0.1, 0.15) is 28.2 Å². The van der Waals surface area contributed by atoms with Crippen LogP contribution in [0.3, 0.4) is 0 Å². The van der Waals surface area contributed by atoms with E-state index in [1.807, 2.05) is 13.8 Å². The molecule has 1 fully saturated rings. The zero-order valence-electron chi connectivity index (χ0n) is 15.8. The van der Waals surface area contributed by atoms with Gasteiger partial charge in [0.25, 0.3) is 0 Å². The SMILES string of the molecule is CCOc1c([C@H](C)Nc2ncnc3scnc23)cc(Cl)c(F)c1[C@H]1CNC(=O)C1. The first-order valence-corrected chi connectivity index (χ1v) is 10.5. The van der Waals surface area contributed by atoms with Gasteiger partial charge in [0.2, 0.25) is 5.91 Å². The molecule has 1 aromatic carbocycles. The molecule has 3 heterocycles. The first kappa shape index (κ1) is 19.8. The summed E-state index contributed by atoms with van der Waals surface area (Å²) >= 11 is 7.65. The molecule has 0 spiro atoms. The van der Waals surface area contributed by atoms with Crippen LogP contribution in [0.15, 0.2) is 17.9 Å². The molecule has 2 atom stereocenters. The van der Waals surface area contributed by atoms with Crippen LogP contribution in [0.2, 0.25) is 5.02 Å². The fourth-order valence-corrected chi connectivity index (χ4v) is 4.38. The number of benzene rings is 1. The quantitative estimate of drug-likeness (QED) is 0.607. The Kier molecular flexibility index (Phi) is 5.51. The summed E-state index contributed by atoms with van der Waals surface area (Å²) in [5.74, 6) is -0.00339. The summed E-state index contributed by atoms with van der Waals surface area (Å²) in [5, 5.41) is 6.05. The number of carbonyl (C=O) groups is 1. The Bertz CT molecular complexity index is 1080. The Morgan fingerprint density at radius 1 is 1.45 bits per heavy atom. The standard InChI is InChI=1S/C19H19ClFN5O2S/c1-3-28-17-11(5-12(20)15(21)14(17)10-4-13(27)22-6-10)9(2)26-18-16-19(24-7-23-18)29-8-25-16/h5,7-10H,3-4,6H2,1-2H3,(H,22,27)(H,23,24,26)/t9-,10+/m0/s1. The summed E-state index contributed by atoms with van der Waals surface area (Å²) in [6.07, 6.45) is 1.67. The molecule has 1 saturated heterocycles. The second-order valence-electron chi connectivity index (χ2n) is 6.74. The minimum Gasteiger partial charge on any atom is -0.493 e. The number of hydrogen-bond acceptors (Lipinski definition) is 7. The number of nitrogens with zero attached hydrogens (tertiary/aromatic N) is 3. The number of amides is 1. The summed E-state index contributed by atoms with van der Waals surface area (Å²) in [6.45, 7) is 4.45. The van der Waals surface area contributed by atoms with E-state index in [1.54, 1.807) is 11.6 Å². The number of nitrogens with one attached hydrogen (secondary N) is 2. The number of carbonyl (C=O) groups excluding carboxylic acids is 1. The van der Waals surface area contributed by atoms with Gasteiger partial charge in [-0.15, -0.1) is 11.3 Å². The highest BCUT2D eigenvalue weighted by atomic mass is 35.5. The van der Waals surface area contributed by atoms with Gasteiger partial charge in [0.05, 0.1) is 23.2 Å². The number of aromatic nitrogens is 3. The normalized spacial score (nSPS) is 17.4. The van der Waals surface area contributed by atoms with Gasteiger partial charge < -0.3 is 15.4 Å². The third-order valence-corrected chi connectivity index (χ3v) is 5.87. The maximum Gasteiger partial charge on any atom is 0.220 e. The third kappa shape index (κ3) is 3.72. The number of thiazole rings is 1. The van der Waals surface area contributed by atoms with Crippen LogP contribution in [0.1, 0.15) is 43.4 Å². The van der Waals surface area contributed by atoms with E-state index < -0.39 is 5.82 Å². The van der Waals surface area contributed by atoms with Crippen molar-refractivity contribution in [1.29, 1.82) is 0 Å². The zero-order chi connectivity index (χ0) is 20.5. The van der Waals surface area contributed by atoms with Gasteiger partial charge in [-0.05, 0) is 19.9 Å². The summed E-state index contributed by atoms with van der Waals surface area (Å²) in [6, 6.07) is 1.26. The monoisotopic (exact) mass is 435 g/mol. The molecule has 0 aliphatic carbocycles. The molecule has 2 aromatic heterocycles. The molecule has 2 N–H and O–H groups in total. The van der Waals surface area contributed by atoms with Crippen LogP contribution in [0.5, 0.6) is 5.75 Å². The van der Waals surface area contributed by atoms with Crippen molar-refractivity contribution in [2.24, 2.45) is 0 Å². The Morgan fingerprint density at radius 2 is 2.28 bits per heavy atom. The van der Waals surface area contributed by atoms with Crippen molar-refractivity contribution in [2.75, 3.05) is 18.5 Å². The van der Waals surface area contributed by atoms with Crippen LogP contribution in [0, 0.1) is 5.82 Å². The molecule has 3 aromatic rings. The maximum atomic E-state index is 15.0. The van der Waals surface area contributed by atoms with E-state index in [4.69, 9.17) is 16.3 Å². The van der Waals surface area contributed by atoms with Crippen molar-refractivity contribution in [3.63, 3.8) is 0 Å². The average molecular weight is 436 g/mol. The van der Waals surface area contributed by atoms with Gasteiger partial charge in [-0.1, -0.05) is 11.6 Å². The van der Waals surface area contributed by atoms with Crippen LogP contribution in [-0.4, -0.2) is 34.0 Å². The average Bonchev–Trinajstić information content (AvgIpc) is 3.34. The molecule has 4 rings (SSSR count). The Morgan fingerprint density at radius 3 is 3.00 bits per heavy atom. The van der Waals surface area contributed by atoms with Gasteiger partial charge in [-0.25, -0.2) is 19.3 Å². The molecule has 0 radical (unpaired) electrons. The van der Waals surface area contributed by atoms with E-state index in [0.717, 1.165) is 4.83 Å². The summed E-state index contributed by atoms with van der Waals surface area (Å²) < 4.78 is 20.9. The number of rotatable bonds is 6. The Labute approximate surface area is 175 Å². The summed E-state index contributed by atoms with van der Waals surface area (Å²) in [7, 11) is 0. The van der Waals surface area contributed by atoms with E-state index in [0.29, 0.717) is 41.4 Å². The molecule has 152 valence electrons. The van der Waals surface area contributed by atoms with Crippen LogP contribution in [-0.2, 0) is 4.79 Å². The number of hydrogen-bond donors (Lipinski definition) is 2. The lowest BCUT2D eigenvalue weighted by Crippen LogP contribution is -2.16. The largest absolute Gasteiger partial charge is 0.493 e. The van der Waals surface area contributed by atoms with Crippen molar-refractivity contribution in [3.05, 3.63) is 39.9 Å². The highest BCUT2D eigenvalue weighted by Crippen LogP contribution is 2.42. The molecule has 0 unspecified atom stereocenters. The number of anilines is 1. The molecule has 1 aliphatic heterocycles. The summed E-state index contributed by atoms with van der Waals surface area (Å²) in [4.78, 5) is 25.3. The molecule has 1 amide bonds. The van der Waals surface area contributed by atoms with Crippen molar-refractivity contribution in [1.82, 2.24) is 20.3 Å². The second kappa shape index (κ2) is 8.08. The lowest BCUT2D eigenvalue weighted by molar-refractivity contribution is -0.119. The third-order valence-electron chi connectivity index (χ3n) is 4.86. The van der Waals surface area contributed by atoms with E-state index >= 15 is 4.39 Å². The fourth-order valence-electron chi connectivity index (χ4n) is 3.53. The van der Waals surface area contributed by atoms with Gasteiger partial charge in [0, 0.05) is 30.0 Å². The van der Waals surface area contributed by atoms with Crippen LogP contribution < -0.4 is 15.4 Å². The minimum atomic E-state index is -0.545. The first-order valence-electron chi connectivity index (χ1n) is 9.21. The van der Waals surface area contributed by atoms with Crippen molar-refractivity contribution in [2.45, 2.75) is 32.2 Å². The lowest BCUT2D eigenvalue weighted by Gasteiger charge is -2.24. The predicted molar refractivity (Wildman–Crippen MR) is 110 cm³/mol. The van der Waals surface area contributed by atoms with E-state index in [-0.39, 0.29) is 29.3 Å². The second-order valence-corrected chi connectivity index (χ2v) is 7.98.